The Labute approximate surface area is 219 Å². The van der Waals surface area contributed by atoms with E-state index in [1.54, 1.807) is 0 Å². The van der Waals surface area contributed by atoms with Crippen molar-refractivity contribution in [1.82, 2.24) is 9.47 Å². The largest absolute Gasteiger partial charge is 0.491 e. The highest BCUT2D eigenvalue weighted by Crippen LogP contribution is 2.34. The van der Waals surface area contributed by atoms with Gasteiger partial charge >= 0.3 is 0 Å². The third-order valence-electron chi connectivity index (χ3n) is 6.19. The minimum Gasteiger partial charge on any atom is -0.491 e. The molecule has 2 heterocycles. The van der Waals surface area contributed by atoms with Gasteiger partial charge < -0.3 is 9.30 Å². The van der Waals surface area contributed by atoms with Crippen LogP contribution in [-0.2, 0) is 11.3 Å². The van der Waals surface area contributed by atoms with Gasteiger partial charge in [-0.3, -0.25) is 14.5 Å². The fraction of sp³-hybridized carbons (Fsp3) is 0.172. The summed E-state index contributed by atoms with van der Waals surface area (Å²) in [6.45, 7) is 5.01. The number of amides is 2. The minimum absolute atomic E-state index is 0.198. The van der Waals surface area contributed by atoms with Gasteiger partial charge in [0, 0.05) is 34.2 Å². The molecular formula is C29H25ClN2O3S. The van der Waals surface area contributed by atoms with Crippen LogP contribution in [0.2, 0.25) is 5.02 Å². The number of carbonyl (C=O) groups excluding carboxylic acids is 2. The quantitative estimate of drug-likeness (QED) is 0.246. The van der Waals surface area contributed by atoms with Gasteiger partial charge in [0.2, 0.25) is 0 Å². The molecule has 182 valence electrons. The van der Waals surface area contributed by atoms with Crippen LogP contribution in [0.5, 0.6) is 5.75 Å². The molecule has 0 bridgehead atoms. The normalized spacial score (nSPS) is 14.9. The van der Waals surface area contributed by atoms with Gasteiger partial charge in [0.05, 0.1) is 11.4 Å². The number of nitrogens with zero attached hydrogens (tertiary/aromatic N) is 2. The van der Waals surface area contributed by atoms with Crippen molar-refractivity contribution in [3.8, 4) is 5.75 Å². The highest BCUT2D eigenvalue weighted by atomic mass is 35.5. The molecule has 0 spiro atoms. The van der Waals surface area contributed by atoms with Crippen molar-refractivity contribution < 1.29 is 14.3 Å². The van der Waals surface area contributed by atoms with Gasteiger partial charge in [0.25, 0.3) is 11.1 Å². The number of thioether (sulfide) groups is 1. The van der Waals surface area contributed by atoms with E-state index >= 15 is 0 Å². The summed E-state index contributed by atoms with van der Waals surface area (Å²) < 4.78 is 7.98. The Hall–Kier alpha value is -3.48. The first-order chi connectivity index (χ1) is 17.4. The van der Waals surface area contributed by atoms with Crippen LogP contribution in [0.4, 0.5) is 4.79 Å². The number of imide groups is 1. The maximum Gasteiger partial charge on any atom is 0.293 e. The summed E-state index contributed by atoms with van der Waals surface area (Å²) in [6.07, 6.45) is 3.81. The first kappa shape index (κ1) is 24.2. The van der Waals surface area contributed by atoms with Crippen molar-refractivity contribution >= 4 is 51.5 Å². The molecule has 1 aliphatic heterocycles. The third kappa shape index (κ3) is 4.92. The summed E-state index contributed by atoms with van der Waals surface area (Å²) in [5.74, 6) is 0.473. The molecule has 1 saturated heterocycles. The number of ether oxygens (including phenoxy) is 1. The monoisotopic (exact) mass is 516 g/mol. The number of carbonyl (C=O) groups is 2. The second-order valence-electron chi connectivity index (χ2n) is 8.77. The van der Waals surface area contributed by atoms with E-state index in [2.05, 4.69) is 4.57 Å². The van der Waals surface area contributed by atoms with Gasteiger partial charge in [-0.05, 0) is 66.6 Å². The molecule has 1 fully saturated rings. The average Bonchev–Trinajstić information content (AvgIpc) is 3.34. The molecule has 5 rings (SSSR count). The Morgan fingerprint density at radius 3 is 2.61 bits per heavy atom. The van der Waals surface area contributed by atoms with Crippen LogP contribution in [0.1, 0.15) is 22.3 Å². The molecule has 0 radical (unpaired) electrons. The summed E-state index contributed by atoms with van der Waals surface area (Å²) in [6, 6.07) is 21.8. The molecule has 2 amide bonds. The second kappa shape index (κ2) is 10.2. The van der Waals surface area contributed by atoms with Crippen LogP contribution in [0.15, 0.2) is 77.8 Å². The van der Waals surface area contributed by atoms with Crippen LogP contribution < -0.4 is 4.74 Å². The zero-order valence-corrected chi connectivity index (χ0v) is 21.6. The summed E-state index contributed by atoms with van der Waals surface area (Å²) in [7, 11) is 0. The van der Waals surface area contributed by atoms with Crippen LogP contribution in [0.25, 0.3) is 17.0 Å². The highest BCUT2D eigenvalue weighted by Gasteiger charge is 2.35. The number of benzene rings is 3. The van der Waals surface area contributed by atoms with Crippen LogP contribution in [0, 0.1) is 13.8 Å². The lowest BCUT2D eigenvalue weighted by Gasteiger charge is -2.14. The Kier molecular flexibility index (Phi) is 6.90. The highest BCUT2D eigenvalue weighted by molar-refractivity contribution is 8.18. The second-order valence-corrected chi connectivity index (χ2v) is 10.2. The topological polar surface area (TPSA) is 51.5 Å². The zero-order valence-electron chi connectivity index (χ0n) is 20.0. The maximum atomic E-state index is 13.1. The predicted octanol–water partition coefficient (Wildman–Crippen LogP) is 7.08. The number of fused-ring (bicyclic) bond motifs is 1. The summed E-state index contributed by atoms with van der Waals surface area (Å²) in [5, 5.41) is 1.44. The molecule has 0 aliphatic carbocycles. The predicted molar refractivity (Wildman–Crippen MR) is 147 cm³/mol. The Morgan fingerprint density at radius 1 is 1.00 bits per heavy atom. The summed E-state index contributed by atoms with van der Waals surface area (Å²) in [4.78, 5) is 27.4. The standard InChI is InChI=1S/C29H25ClN2O3S/c1-19-11-12-20(2)26(15-19)35-14-13-32-28(33)27(36-29(32)34)16-22-18-31(25-10-6-4-8-23(22)25)17-21-7-3-5-9-24(21)30/h3-12,15-16,18H,13-14,17H2,1-2H3/b27-16-. The maximum absolute atomic E-state index is 13.1. The first-order valence-corrected chi connectivity index (χ1v) is 12.9. The lowest BCUT2D eigenvalue weighted by Crippen LogP contribution is -2.32. The van der Waals surface area contributed by atoms with E-state index in [4.69, 9.17) is 16.3 Å². The van der Waals surface area contributed by atoms with Crippen molar-refractivity contribution in [3.05, 3.63) is 105 Å². The number of para-hydroxylation sites is 1. The fourth-order valence-corrected chi connectivity index (χ4v) is 5.33. The lowest BCUT2D eigenvalue weighted by molar-refractivity contribution is -0.123. The Morgan fingerprint density at radius 2 is 1.78 bits per heavy atom. The van der Waals surface area contributed by atoms with Crippen LogP contribution in [-0.4, -0.2) is 33.8 Å². The van der Waals surface area contributed by atoms with E-state index < -0.39 is 0 Å². The fourth-order valence-electron chi connectivity index (χ4n) is 4.27. The van der Waals surface area contributed by atoms with Crippen molar-refractivity contribution in [2.45, 2.75) is 20.4 Å². The average molecular weight is 517 g/mol. The number of hydrogen-bond donors (Lipinski definition) is 0. The smallest absolute Gasteiger partial charge is 0.293 e. The first-order valence-electron chi connectivity index (χ1n) is 11.7. The van der Waals surface area contributed by atoms with E-state index in [9.17, 15) is 9.59 Å². The number of aromatic nitrogens is 1. The van der Waals surface area contributed by atoms with Crippen LogP contribution >= 0.6 is 23.4 Å². The molecule has 0 saturated carbocycles. The van der Waals surface area contributed by atoms with Crippen molar-refractivity contribution in [1.29, 1.82) is 0 Å². The lowest BCUT2D eigenvalue weighted by atomic mass is 10.1. The number of halogens is 1. The molecular weight excluding hydrogens is 492 g/mol. The molecule has 36 heavy (non-hydrogen) atoms. The van der Waals surface area contributed by atoms with Gasteiger partial charge in [-0.25, -0.2) is 0 Å². The van der Waals surface area contributed by atoms with Crippen molar-refractivity contribution in [2.75, 3.05) is 13.2 Å². The van der Waals surface area contributed by atoms with Gasteiger partial charge in [-0.15, -0.1) is 0 Å². The molecule has 5 nitrogen and oxygen atoms in total. The van der Waals surface area contributed by atoms with Crippen molar-refractivity contribution in [2.24, 2.45) is 0 Å². The summed E-state index contributed by atoms with van der Waals surface area (Å²) in [5.41, 5.74) is 5.04. The third-order valence-corrected chi connectivity index (χ3v) is 7.47. The molecule has 1 aromatic heterocycles. The van der Waals surface area contributed by atoms with E-state index in [1.807, 2.05) is 92.9 Å². The van der Waals surface area contributed by atoms with E-state index in [0.717, 1.165) is 50.7 Å². The van der Waals surface area contributed by atoms with Gasteiger partial charge in [-0.1, -0.05) is 60.1 Å². The molecule has 4 aromatic rings. The molecule has 7 heteroatoms. The summed E-state index contributed by atoms with van der Waals surface area (Å²) >= 11 is 7.36. The van der Waals surface area contributed by atoms with Crippen LogP contribution in [0.3, 0.4) is 0 Å². The number of rotatable bonds is 7. The van der Waals surface area contributed by atoms with E-state index in [1.165, 1.54) is 4.90 Å². The van der Waals surface area contributed by atoms with Gasteiger partial charge in [-0.2, -0.15) is 0 Å². The molecule has 3 aromatic carbocycles. The molecule has 0 N–H and O–H groups in total. The van der Waals surface area contributed by atoms with E-state index in [-0.39, 0.29) is 24.3 Å². The molecule has 1 aliphatic rings. The minimum atomic E-state index is -0.294. The molecule has 0 atom stereocenters. The van der Waals surface area contributed by atoms with Gasteiger partial charge in [0.15, 0.2) is 0 Å². The Balaban J connectivity index is 1.35. The number of aryl methyl sites for hydroxylation is 2. The Bertz CT molecular complexity index is 1510. The van der Waals surface area contributed by atoms with Gasteiger partial charge in [0.1, 0.15) is 12.4 Å². The zero-order chi connectivity index (χ0) is 25.2. The number of hydrogen-bond acceptors (Lipinski definition) is 4. The molecule has 0 unspecified atom stereocenters. The SMILES string of the molecule is Cc1ccc(C)c(OCCN2C(=O)S/C(=C\c3cn(Cc4ccccc4Cl)c4ccccc34)C2=O)c1. The van der Waals surface area contributed by atoms with E-state index in [0.29, 0.717) is 16.5 Å². The van der Waals surface area contributed by atoms with Crippen molar-refractivity contribution in [3.63, 3.8) is 0 Å².